The molecule has 0 unspecified atom stereocenters. The monoisotopic (exact) mass is 1070 g/mol. The Hall–Kier alpha value is -6.47. The fourth-order valence-electron chi connectivity index (χ4n) is 6.31. The fourth-order valence-corrected chi connectivity index (χ4v) is 8.91. The summed E-state index contributed by atoms with van der Waals surface area (Å²) >= 11 is 7.98. The molecule has 67 heavy (non-hydrogen) atoms. The Morgan fingerprint density at radius 2 is 1.24 bits per heavy atom. The van der Waals surface area contributed by atoms with Crippen molar-refractivity contribution in [3.05, 3.63) is 126 Å². The van der Waals surface area contributed by atoms with Crippen molar-refractivity contribution < 1.29 is 61.2 Å². The van der Waals surface area contributed by atoms with Crippen molar-refractivity contribution in [1.29, 1.82) is 0 Å². The number of thiophene rings is 3. The summed E-state index contributed by atoms with van der Waals surface area (Å²) in [6.07, 6.45) is 6.18. The van der Waals surface area contributed by atoms with E-state index in [2.05, 4.69) is 55.7 Å². The third-order valence-electron chi connectivity index (χ3n) is 9.25. The predicted molar refractivity (Wildman–Crippen MR) is 250 cm³/mol. The molecule has 8 aromatic rings. The summed E-state index contributed by atoms with van der Waals surface area (Å²) < 4.78 is 53.2. The Morgan fingerprint density at radius 3 is 1.76 bits per heavy atom. The van der Waals surface area contributed by atoms with E-state index in [1.165, 1.54) is 52.7 Å². The van der Waals surface area contributed by atoms with Crippen LogP contribution in [0.5, 0.6) is 15.9 Å². The van der Waals surface area contributed by atoms with Gasteiger partial charge in [0.1, 0.15) is 11.4 Å². The Kier molecular flexibility index (Phi) is 19.6. The van der Waals surface area contributed by atoms with E-state index in [1.807, 2.05) is 42.5 Å². The van der Waals surface area contributed by atoms with Gasteiger partial charge >= 0.3 is 25.7 Å². The standard InChI is InChI=1S/C26H15N3O6S2.C19H19F3N3S.CNS.Ru/c30-13-33-18-11-21(19-9-16(5-7-27-19)23-1-3-25(36-23)34-14-31)29-22(12-18)20-10-17(6-8-28-20)24-2-4-26(37-24)35-15-32;1-2-3-4-5-6-13-8-10-26-18(13)14-7-9-23-15(11-14)16-12-17(25-24-16)19(20,21)22;2-1-3;/h1-15H;7-12H,2-6H2,1H3;;/q;2*-1;+2. The molecule has 8 heterocycles. The molecule has 0 bridgehead atoms. The average Bonchev–Trinajstić information content (AvgIpc) is 4.18. The van der Waals surface area contributed by atoms with Crippen molar-refractivity contribution in [2.75, 3.05) is 0 Å². The first kappa shape index (κ1) is 51.5. The van der Waals surface area contributed by atoms with Gasteiger partial charge in [0.05, 0.1) is 28.5 Å². The van der Waals surface area contributed by atoms with Crippen LogP contribution in [-0.4, -0.2) is 49.6 Å². The number of unbranched alkanes of at least 4 members (excludes halogenated alkanes) is 3. The van der Waals surface area contributed by atoms with Gasteiger partial charge in [0, 0.05) is 45.4 Å². The molecule has 8 rings (SSSR count). The Balaban J connectivity index is 0.000000246. The zero-order valence-electron chi connectivity index (χ0n) is 34.9. The number of pyridine rings is 4. The molecule has 0 atom stereocenters. The number of nitrogens with zero attached hydrogens (tertiary/aromatic N) is 7. The molecule has 0 aliphatic rings. The number of isothiocyanates is 1. The third kappa shape index (κ3) is 14.3. The van der Waals surface area contributed by atoms with E-state index in [1.54, 1.807) is 60.3 Å². The summed E-state index contributed by atoms with van der Waals surface area (Å²) in [5.74, 6) is 0.282. The second kappa shape index (κ2) is 25.4. The van der Waals surface area contributed by atoms with Gasteiger partial charge in [0.25, 0.3) is 19.4 Å². The van der Waals surface area contributed by atoms with Crippen molar-refractivity contribution in [2.45, 2.75) is 45.2 Å². The maximum Gasteiger partial charge on any atom is 2.00 e. The number of hydrogen-bond acceptors (Lipinski definition) is 15. The number of hydrogen-bond donors (Lipinski definition) is 0. The molecule has 0 aromatic carbocycles. The van der Waals surface area contributed by atoms with Gasteiger partial charge in [-0.05, 0) is 113 Å². The van der Waals surface area contributed by atoms with Gasteiger partial charge in [0.15, 0.2) is 10.1 Å². The first-order valence-electron chi connectivity index (χ1n) is 19.7. The Bertz CT molecular complexity index is 2820. The molecular weight excluding hydrogens is 1030 g/mol. The minimum atomic E-state index is -4.50. The summed E-state index contributed by atoms with van der Waals surface area (Å²) in [5, 5.41) is 18.3. The molecule has 0 aliphatic heterocycles. The molecule has 21 heteroatoms. The van der Waals surface area contributed by atoms with Gasteiger partial charge < -0.3 is 29.8 Å². The van der Waals surface area contributed by atoms with E-state index >= 15 is 0 Å². The minimum Gasteiger partial charge on any atom is -0.753 e. The molecule has 8 aromatic heterocycles. The van der Waals surface area contributed by atoms with Gasteiger partial charge in [0.2, 0.25) is 0 Å². The minimum absolute atomic E-state index is 0. The topological polar surface area (TPSA) is 180 Å². The van der Waals surface area contributed by atoms with Gasteiger partial charge in [-0.2, -0.15) is 18.3 Å². The van der Waals surface area contributed by atoms with Gasteiger partial charge in [-0.25, -0.2) is 4.98 Å². The maximum atomic E-state index is 12.7. The van der Waals surface area contributed by atoms with Gasteiger partial charge in [-0.15, -0.1) is 11.3 Å². The third-order valence-corrected chi connectivity index (χ3v) is 12.3. The maximum absolute atomic E-state index is 12.7. The molecule has 0 radical (unpaired) electrons. The normalized spacial score (nSPS) is 10.5. The molecule has 13 nitrogen and oxygen atoms in total. The van der Waals surface area contributed by atoms with Crippen LogP contribution in [0.3, 0.4) is 0 Å². The largest absolute Gasteiger partial charge is 2.00 e. The molecule has 0 aliphatic carbocycles. The number of halogens is 3. The van der Waals surface area contributed by atoms with E-state index in [9.17, 15) is 27.6 Å². The van der Waals surface area contributed by atoms with Crippen molar-refractivity contribution in [1.82, 2.24) is 30.1 Å². The summed E-state index contributed by atoms with van der Waals surface area (Å²) in [6.45, 7) is 3.30. The van der Waals surface area contributed by atoms with E-state index in [-0.39, 0.29) is 30.9 Å². The van der Waals surface area contributed by atoms with Crippen molar-refractivity contribution in [3.8, 4) is 81.4 Å². The first-order valence-corrected chi connectivity index (χ1v) is 22.6. The van der Waals surface area contributed by atoms with Crippen LogP contribution in [-0.2, 0) is 46.5 Å². The van der Waals surface area contributed by atoms with Crippen LogP contribution < -0.4 is 19.3 Å². The Morgan fingerprint density at radius 1 is 0.701 bits per heavy atom. The van der Waals surface area contributed by atoms with Crippen LogP contribution in [0.1, 0.15) is 43.9 Å². The van der Waals surface area contributed by atoms with Gasteiger partial charge in [-0.3, -0.25) is 29.3 Å². The molecule has 0 fully saturated rings. The van der Waals surface area contributed by atoms with Crippen molar-refractivity contribution in [2.24, 2.45) is 0 Å². The number of carbonyl (C=O) groups is 3. The van der Waals surface area contributed by atoms with Crippen LogP contribution in [0.4, 0.5) is 13.2 Å². The fraction of sp³-hybridized carbons (Fsp3) is 0.152. The molecule has 0 N–H and O–H groups in total. The van der Waals surface area contributed by atoms with Crippen molar-refractivity contribution >= 4 is 70.8 Å². The molecule has 0 saturated carbocycles. The SMILES string of the molecule is CCCCCCc1ccsc1-c1ccnc(-c2cc(C(F)(F)F)n[n-]2)c1.O=COc1cc(-c2cc(-c3ccc(OC=O)s3)ccn2)nc(-c2cc(-c3ccc(OC=O)s3)ccn2)c1.[N-]=C=S.[Ru+2]. The van der Waals surface area contributed by atoms with E-state index in [0.717, 1.165) is 50.2 Å². The van der Waals surface area contributed by atoms with Crippen molar-refractivity contribution in [3.63, 3.8) is 0 Å². The van der Waals surface area contributed by atoms with Crippen LogP contribution in [0.15, 0.2) is 109 Å². The number of alkyl halides is 3. The number of ether oxygens (including phenoxy) is 3. The molecule has 0 amide bonds. The number of carbonyl (C=O) groups excluding carboxylic acids is 3. The smallest absolute Gasteiger partial charge is 0.753 e. The first-order chi connectivity index (χ1) is 32.1. The molecular formula is C46H34F3N7O6RuS4. The van der Waals surface area contributed by atoms with Crippen LogP contribution in [0, 0.1) is 0 Å². The van der Waals surface area contributed by atoms with Gasteiger partial charge in [-0.1, -0.05) is 66.8 Å². The zero-order chi connectivity index (χ0) is 46.9. The molecule has 0 spiro atoms. The summed E-state index contributed by atoms with van der Waals surface area (Å²) in [4.78, 5) is 53.1. The van der Waals surface area contributed by atoms with E-state index < -0.39 is 11.9 Å². The molecule has 0 saturated heterocycles. The van der Waals surface area contributed by atoms with Crippen LogP contribution in [0.2, 0.25) is 0 Å². The summed E-state index contributed by atoms with van der Waals surface area (Å²) in [6, 6.07) is 24.4. The summed E-state index contributed by atoms with van der Waals surface area (Å²) in [5.41, 5.74) is 5.52. The number of aromatic nitrogens is 6. The summed E-state index contributed by atoms with van der Waals surface area (Å²) in [7, 11) is 0. The second-order valence-electron chi connectivity index (χ2n) is 13.5. The number of thiocarbonyl (C=S) groups is 1. The second-order valence-corrected chi connectivity index (χ2v) is 16.7. The Labute approximate surface area is 411 Å². The predicted octanol–water partition coefficient (Wildman–Crippen LogP) is 11.9. The quantitative estimate of drug-likeness (QED) is 0.0277. The molecule has 342 valence electrons. The number of rotatable bonds is 17. The zero-order valence-corrected chi connectivity index (χ0v) is 39.9. The van der Waals surface area contributed by atoms with E-state index in [4.69, 9.17) is 24.6 Å². The number of aryl methyl sites for hydroxylation is 1. The van der Waals surface area contributed by atoms with Crippen LogP contribution >= 0.6 is 46.2 Å². The van der Waals surface area contributed by atoms with Crippen LogP contribution in [0.25, 0.3) is 70.9 Å². The van der Waals surface area contributed by atoms with E-state index in [0.29, 0.717) is 58.0 Å². The average molecular weight is 1070 g/mol.